The van der Waals surface area contributed by atoms with Crippen molar-refractivity contribution in [2.24, 2.45) is 0 Å². The van der Waals surface area contributed by atoms with Gasteiger partial charge in [-0.2, -0.15) is 0 Å². The minimum Gasteiger partial charge on any atom is -0.328 e. The third-order valence-electron chi connectivity index (χ3n) is 5.67. The number of quaternary nitrogens is 1. The first-order chi connectivity index (χ1) is 13.6. The lowest BCUT2D eigenvalue weighted by molar-refractivity contribution is -0.918. The molecule has 0 saturated carbocycles. The molecule has 1 fully saturated rings. The molecular weight excluding hydrogens is 388 g/mol. The molecular formula is C22H27N2O2S2+. The second-order valence-corrected chi connectivity index (χ2v) is 10.6. The summed E-state index contributed by atoms with van der Waals surface area (Å²) >= 11 is 1.36. The number of thiophene rings is 1. The zero-order chi connectivity index (χ0) is 19.6. The largest absolute Gasteiger partial charge is 0.328 e. The second-order valence-electron chi connectivity index (χ2n) is 7.41. The Bertz CT molecular complexity index is 1050. The van der Waals surface area contributed by atoms with Gasteiger partial charge in [0.1, 0.15) is 10.3 Å². The third kappa shape index (κ3) is 4.01. The highest BCUT2D eigenvalue weighted by Crippen LogP contribution is 2.25. The summed E-state index contributed by atoms with van der Waals surface area (Å²) in [6.07, 6.45) is 3.26. The van der Waals surface area contributed by atoms with Gasteiger partial charge in [-0.3, -0.25) is 0 Å². The Hall–Kier alpha value is -1.73. The molecule has 4 nitrogen and oxygen atoms in total. The van der Waals surface area contributed by atoms with E-state index in [9.17, 15) is 8.42 Å². The number of rotatable bonds is 7. The van der Waals surface area contributed by atoms with Gasteiger partial charge in [0.25, 0.3) is 0 Å². The van der Waals surface area contributed by atoms with Crippen LogP contribution in [0, 0.1) is 0 Å². The molecule has 0 unspecified atom stereocenters. The Labute approximate surface area is 171 Å². The maximum atomic E-state index is 12.9. The summed E-state index contributed by atoms with van der Waals surface area (Å²) < 4.78 is 29.1. The van der Waals surface area contributed by atoms with Gasteiger partial charge in [-0.25, -0.2) is 13.1 Å². The lowest BCUT2D eigenvalue weighted by Crippen LogP contribution is -3.11. The van der Waals surface area contributed by atoms with E-state index in [1.165, 1.54) is 45.4 Å². The molecule has 28 heavy (non-hydrogen) atoms. The van der Waals surface area contributed by atoms with Gasteiger partial charge in [-0.15, -0.1) is 11.3 Å². The highest BCUT2D eigenvalue weighted by molar-refractivity contribution is 7.91. The molecule has 0 amide bonds. The van der Waals surface area contributed by atoms with E-state index in [-0.39, 0.29) is 6.04 Å². The van der Waals surface area contributed by atoms with E-state index >= 15 is 0 Å². The van der Waals surface area contributed by atoms with Crippen molar-refractivity contribution in [3.8, 4) is 0 Å². The zero-order valence-corrected chi connectivity index (χ0v) is 17.8. The summed E-state index contributed by atoms with van der Waals surface area (Å²) in [7, 11) is -3.48. The molecule has 1 aliphatic heterocycles. The molecule has 0 bridgehead atoms. The van der Waals surface area contributed by atoms with Crippen molar-refractivity contribution in [2.75, 3.05) is 19.6 Å². The molecule has 2 aromatic carbocycles. The Morgan fingerprint density at radius 2 is 1.79 bits per heavy atom. The van der Waals surface area contributed by atoms with Crippen LogP contribution in [0.2, 0.25) is 0 Å². The van der Waals surface area contributed by atoms with E-state index in [1.54, 1.807) is 6.07 Å². The first-order valence-corrected chi connectivity index (χ1v) is 12.3. The number of sulfonamides is 1. The van der Waals surface area contributed by atoms with Gasteiger partial charge >= 0.3 is 0 Å². The van der Waals surface area contributed by atoms with Crippen LogP contribution in [0.3, 0.4) is 0 Å². The summed E-state index contributed by atoms with van der Waals surface area (Å²) in [5.41, 5.74) is 1.23. The molecule has 6 heteroatoms. The van der Waals surface area contributed by atoms with Crippen LogP contribution >= 0.6 is 11.3 Å². The molecule has 3 aromatic rings. The van der Waals surface area contributed by atoms with Crippen LogP contribution in [0.5, 0.6) is 0 Å². The van der Waals surface area contributed by atoms with Crippen molar-refractivity contribution in [1.29, 1.82) is 0 Å². The van der Waals surface area contributed by atoms with E-state index in [4.69, 9.17) is 0 Å². The molecule has 148 valence electrons. The van der Waals surface area contributed by atoms with Crippen LogP contribution in [0.4, 0.5) is 0 Å². The summed E-state index contributed by atoms with van der Waals surface area (Å²) in [6.45, 7) is 4.65. The van der Waals surface area contributed by atoms with Crippen LogP contribution in [0.1, 0.15) is 36.2 Å². The van der Waals surface area contributed by atoms with Crippen LogP contribution < -0.4 is 9.62 Å². The minimum absolute atomic E-state index is 0.119. The van der Waals surface area contributed by atoms with Gasteiger partial charge in [0.15, 0.2) is 0 Å². The summed E-state index contributed by atoms with van der Waals surface area (Å²) in [5.74, 6) is 0. The van der Waals surface area contributed by atoms with Gasteiger partial charge < -0.3 is 4.90 Å². The fraction of sp³-hybridized carbons (Fsp3) is 0.364. The third-order valence-corrected chi connectivity index (χ3v) is 8.81. The fourth-order valence-electron chi connectivity index (χ4n) is 4.16. The van der Waals surface area contributed by atoms with Crippen molar-refractivity contribution in [3.63, 3.8) is 0 Å². The van der Waals surface area contributed by atoms with Gasteiger partial charge in [-0.05, 0) is 29.3 Å². The first-order valence-electron chi connectivity index (χ1n) is 9.99. The molecule has 1 aliphatic rings. The average Bonchev–Trinajstić information content (AvgIpc) is 3.40. The Morgan fingerprint density at radius 1 is 1.04 bits per heavy atom. The van der Waals surface area contributed by atoms with Crippen LogP contribution in [-0.2, 0) is 16.4 Å². The molecule has 1 atom stereocenters. The van der Waals surface area contributed by atoms with Crippen molar-refractivity contribution >= 4 is 32.1 Å². The Balaban J connectivity index is 1.63. The van der Waals surface area contributed by atoms with Crippen molar-refractivity contribution in [1.82, 2.24) is 4.72 Å². The second kappa shape index (κ2) is 8.33. The Morgan fingerprint density at radius 3 is 2.54 bits per heavy atom. The number of fused-ring (bicyclic) bond motifs is 1. The molecule has 0 aliphatic carbocycles. The standard InChI is InChI=1S/C22H26N2O2S2/c1-2-18-12-13-22(27-18)28(25,26)23-16-21(24-14-5-6-15-24)20-11-7-9-17-8-3-4-10-19(17)20/h3-4,7-13,21,23H,2,5-6,14-16H2,1H3/p+1/t21-/m0/s1. The highest BCUT2D eigenvalue weighted by Gasteiger charge is 2.30. The average molecular weight is 416 g/mol. The lowest BCUT2D eigenvalue weighted by Gasteiger charge is -2.26. The summed E-state index contributed by atoms with van der Waals surface area (Å²) in [4.78, 5) is 2.57. The van der Waals surface area contributed by atoms with E-state index in [1.807, 2.05) is 13.0 Å². The molecule has 4 rings (SSSR count). The van der Waals surface area contributed by atoms with Gasteiger partial charge in [0.05, 0.1) is 19.6 Å². The smallest absolute Gasteiger partial charge is 0.250 e. The van der Waals surface area contributed by atoms with Gasteiger partial charge in [0, 0.05) is 23.3 Å². The predicted octanol–water partition coefficient (Wildman–Crippen LogP) is 3.16. The fourth-order valence-corrected chi connectivity index (χ4v) is 6.55. The topological polar surface area (TPSA) is 50.6 Å². The number of aryl methyl sites for hydroxylation is 1. The highest BCUT2D eigenvalue weighted by atomic mass is 32.2. The maximum Gasteiger partial charge on any atom is 0.250 e. The van der Waals surface area contributed by atoms with E-state index in [2.05, 4.69) is 47.2 Å². The van der Waals surface area contributed by atoms with E-state index in [0.717, 1.165) is 24.4 Å². The summed E-state index contributed by atoms with van der Waals surface area (Å²) in [5, 5.41) is 2.43. The maximum absolute atomic E-state index is 12.9. The number of benzene rings is 2. The first kappa shape index (κ1) is 19.6. The van der Waals surface area contributed by atoms with Crippen LogP contribution in [0.15, 0.2) is 58.8 Å². The van der Waals surface area contributed by atoms with Crippen molar-refractivity contribution in [3.05, 3.63) is 65.0 Å². The predicted molar refractivity (Wildman–Crippen MR) is 116 cm³/mol. The summed E-state index contributed by atoms with van der Waals surface area (Å²) in [6, 6.07) is 18.5. The zero-order valence-electron chi connectivity index (χ0n) is 16.1. The van der Waals surface area contributed by atoms with Crippen LogP contribution in [-0.4, -0.2) is 28.1 Å². The van der Waals surface area contributed by atoms with E-state index in [0.29, 0.717) is 10.8 Å². The Kier molecular flexibility index (Phi) is 5.83. The minimum atomic E-state index is -3.48. The normalized spacial score (nSPS) is 16.6. The molecule has 1 aromatic heterocycles. The number of hydrogen-bond donors (Lipinski definition) is 2. The van der Waals surface area contributed by atoms with Crippen LogP contribution in [0.25, 0.3) is 10.8 Å². The van der Waals surface area contributed by atoms with Crippen molar-refractivity contribution < 1.29 is 13.3 Å². The van der Waals surface area contributed by atoms with Gasteiger partial charge in [-0.1, -0.05) is 49.4 Å². The lowest BCUT2D eigenvalue weighted by atomic mass is 9.98. The molecule has 1 saturated heterocycles. The molecule has 0 spiro atoms. The quantitative estimate of drug-likeness (QED) is 0.623. The number of hydrogen-bond acceptors (Lipinski definition) is 3. The van der Waals surface area contributed by atoms with Gasteiger partial charge in [0.2, 0.25) is 10.0 Å². The number of likely N-dealkylation sites (tertiary alicyclic amines) is 1. The molecule has 2 heterocycles. The SMILES string of the molecule is CCc1ccc(S(=O)(=O)NC[C@@H](c2cccc3ccccc23)[NH+]2CCCC2)s1. The number of nitrogens with one attached hydrogen (secondary N) is 2. The molecule has 2 N–H and O–H groups in total. The van der Waals surface area contributed by atoms with Crippen molar-refractivity contribution in [2.45, 2.75) is 36.4 Å². The van der Waals surface area contributed by atoms with E-state index < -0.39 is 10.0 Å². The monoisotopic (exact) mass is 415 g/mol. The molecule has 0 radical (unpaired) electrons.